The molecule has 4 aliphatic rings. The first kappa shape index (κ1) is 25.6. The maximum Gasteiger partial charge on any atom is 0.224 e. The lowest BCUT2D eigenvalue weighted by molar-refractivity contribution is -0.142. The molecule has 0 bridgehead atoms. The van der Waals surface area contributed by atoms with Crippen LogP contribution in [0.15, 0.2) is 54.6 Å². The van der Waals surface area contributed by atoms with Crippen LogP contribution in [0.1, 0.15) is 87.9 Å². The van der Waals surface area contributed by atoms with E-state index in [0.717, 1.165) is 38.5 Å². The number of hydrogen-bond donors (Lipinski definition) is 2. The molecule has 4 fully saturated rings. The number of benzene rings is 2. The van der Waals surface area contributed by atoms with Gasteiger partial charge in [0.05, 0.1) is 6.04 Å². The minimum atomic E-state index is -0.0226. The summed E-state index contributed by atoms with van der Waals surface area (Å²) in [7, 11) is 0. The van der Waals surface area contributed by atoms with E-state index >= 15 is 0 Å². The van der Waals surface area contributed by atoms with Gasteiger partial charge in [-0.1, -0.05) is 74.0 Å². The molecule has 0 radical (unpaired) electrons. The highest BCUT2D eigenvalue weighted by Gasteiger charge is 2.61. The van der Waals surface area contributed by atoms with Gasteiger partial charge in [-0.25, -0.2) is 0 Å². The average molecular weight is 513 g/mol. The number of hydrogen-bond acceptors (Lipinski definition) is 2. The molecular formula is C34H44N2O2. The van der Waals surface area contributed by atoms with Crippen LogP contribution in [0.3, 0.4) is 0 Å². The summed E-state index contributed by atoms with van der Waals surface area (Å²) >= 11 is 0. The maximum atomic E-state index is 14.1. The Morgan fingerprint density at radius 1 is 0.921 bits per heavy atom. The number of carbonyl (C=O) groups is 2. The zero-order chi connectivity index (χ0) is 26.5. The summed E-state index contributed by atoms with van der Waals surface area (Å²) in [5.41, 5.74) is 3.97. The Morgan fingerprint density at radius 2 is 1.66 bits per heavy atom. The van der Waals surface area contributed by atoms with Gasteiger partial charge in [-0.05, 0) is 98.0 Å². The van der Waals surface area contributed by atoms with Gasteiger partial charge in [0.2, 0.25) is 11.8 Å². The summed E-state index contributed by atoms with van der Waals surface area (Å²) < 4.78 is 0. The molecule has 1 saturated heterocycles. The molecule has 4 nitrogen and oxygen atoms in total. The smallest absolute Gasteiger partial charge is 0.224 e. The van der Waals surface area contributed by atoms with E-state index in [0.29, 0.717) is 30.2 Å². The van der Waals surface area contributed by atoms with E-state index in [2.05, 4.69) is 79.9 Å². The van der Waals surface area contributed by atoms with Crippen LogP contribution < -0.4 is 10.6 Å². The lowest BCUT2D eigenvalue weighted by atomic mass is 9.47. The second-order valence-corrected chi connectivity index (χ2v) is 13.4. The predicted molar refractivity (Wildman–Crippen MR) is 151 cm³/mol. The minimum absolute atomic E-state index is 0.0226. The Labute approximate surface area is 228 Å². The standard InChI is InChI=1S/C34H44N2O2/c1-22-9-11-23(12-10-22)21-29(24-7-5-4-6-8-24)35-32(38)28-15-14-26-25-13-16-30-34(3,20-18-31(37)36-30)27(25)17-19-33(26,28)2/h4-12,25-30H,13-21H2,1-3H3,(H,35,38)(H,36,37)/t25-,26-,27-,28+,29?,30+,33-,34+/m0/s1. The van der Waals surface area contributed by atoms with E-state index in [1.165, 1.54) is 29.5 Å². The highest BCUT2D eigenvalue weighted by atomic mass is 16.2. The zero-order valence-corrected chi connectivity index (χ0v) is 23.3. The predicted octanol–water partition coefficient (Wildman–Crippen LogP) is 6.53. The number of carbonyl (C=O) groups excluding carboxylic acids is 2. The molecule has 2 aromatic carbocycles. The summed E-state index contributed by atoms with van der Waals surface area (Å²) in [5, 5.41) is 6.88. The van der Waals surface area contributed by atoms with Crippen molar-refractivity contribution in [3.05, 3.63) is 71.3 Å². The summed E-state index contributed by atoms with van der Waals surface area (Å²) in [6.45, 7) is 6.99. The van der Waals surface area contributed by atoms with Crippen molar-refractivity contribution >= 4 is 11.8 Å². The third kappa shape index (κ3) is 4.38. The highest BCUT2D eigenvalue weighted by molar-refractivity contribution is 5.80. The molecule has 3 aliphatic carbocycles. The maximum absolute atomic E-state index is 14.1. The van der Waals surface area contributed by atoms with Crippen LogP contribution in [0.2, 0.25) is 0 Å². The van der Waals surface area contributed by atoms with Crippen LogP contribution in [0.4, 0.5) is 0 Å². The lowest BCUT2D eigenvalue weighted by Crippen LogP contribution is -2.61. The van der Waals surface area contributed by atoms with Gasteiger partial charge < -0.3 is 10.6 Å². The van der Waals surface area contributed by atoms with Gasteiger partial charge in [0.25, 0.3) is 0 Å². The second-order valence-electron chi connectivity index (χ2n) is 13.4. The van der Waals surface area contributed by atoms with Gasteiger partial charge in [-0.3, -0.25) is 9.59 Å². The summed E-state index contributed by atoms with van der Waals surface area (Å²) in [6, 6.07) is 19.5. The van der Waals surface area contributed by atoms with E-state index in [-0.39, 0.29) is 34.6 Å². The number of amides is 2. The van der Waals surface area contributed by atoms with Gasteiger partial charge in [-0.15, -0.1) is 0 Å². The van der Waals surface area contributed by atoms with E-state index in [1.54, 1.807) is 0 Å². The minimum Gasteiger partial charge on any atom is -0.353 e. The van der Waals surface area contributed by atoms with Crippen molar-refractivity contribution in [2.75, 3.05) is 0 Å². The van der Waals surface area contributed by atoms with E-state index in [4.69, 9.17) is 0 Å². The molecule has 0 spiro atoms. The number of aryl methyl sites for hydroxylation is 1. The third-order valence-electron chi connectivity index (χ3n) is 11.5. The highest BCUT2D eigenvalue weighted by Crippen LogP contribution is 2.65. The van der Waals surface area contributed by atoms with Crippen LogP contribution in [-0.2, 0) is 16.0 Å². The molecule has 2 amide bonds. The van der Waals surface area contributed by atoms with Gasteiger partial charge in [-0.2, -0.15) is 0 Å². The molecule has 1 heterocycles. The fraction of sp³-hybridized carbons (Fsp3) is 0.588. The molecule has 2 aromatic rings. The molecule has 4 heteroatoms. The van der Waals surface area contributed by atoms with Crippen molar-refractivity contribution in [1.29, 1.82) is 0 Å². The van der Waals surface area contributed by atoms with Crippen molar-refractivity contribution in [3.8, 4) is 0 Å². The van der Waals surface area contributed by atoms with E-state index in [1.807, 2.05) is 6.07 Å². The van der Waals surface area contributed by atoms with Crippen molar-refractivity contribution in [3.63, 3.8) is 0 Å². The Morgan fingerprint density at radius 3 is 2.42 bits per heavy atom. The molecule has 3 saturated carbocycles. The molecular weight excluding hydrogens is 468 g/mol. The number of piperidine rings is 1. The average Bonchev–Trinajstić information content (AvgIpc) is 3.28. The molecule has 1 unspecified atom stereocenters. The van der Waals surface area contributed by atoms with Gasteiger partial charge in [0, 0.05) is 18.4 Å². The first-order valence-electron chi connectivity index (χ1n) is 15.0. The normalized spacial score (nSPS) is 36.8. The van der Waals surface area contributed by atoms with Gasteiger partial charge in [0.15, 0.2) is 0 Å². The van der Waals surface area contributed by atoms with Crippen LogP contribution in [0, 0.1) is 41.4 Å². The monoisotopic (exact) mass is 512 g/mol. The van der Waals surface area contributed by atoms with Crippen molar-refractivity contribution in [2.45, 2.75) is 90.6 Å². The second kappa shape index (κ2) is 9.84. The molecule has 38 heavy (non-hydrogen) atoms. The molecule has 8 atom stereocenters. The first-order valence-corrected chi connectivity index (χ1v) is 15.0. The number of fused-ring (bicyclic) bond motifs is 5. The molecule has 0 aromatic heterocycles. The Bertz CT molecular complexity index is 1180. The SMILES string of the molecule is Cc1ccc(CC(NC(=O)[C@H]2CC[C@H]3[C@@H]4CC[C@H]5NC(=O)CC[C@]5(C)[C@H]4CC[C@]23C)c2ccccc2)cc1. The fourth-order valence-corrected chi connectivity index (χ4v) is 9.30. The quantitative estimate of drug-likeness (QED) is 0.478. The summed E-state index contributed by atoms with van der Waals surface area (Å²) in [6.07, 6.45) is 9.27. The Balaban J connectivity index is 1.20. The molecule has 1 aliphatic heterocycles. The fourth-order valence-electron chi connectivity index (χ4n) is 9.30. The van der Waals surface area contributed by atoms with Gasteiger partial charge >= 0.3 is 0 Å². The van der Waals surface area contributed by atoms with Crippen LogP contribution >= 0.6 is 0 Å². The molecule has 202 valence electrons. The first-order chi connectivity index (χ1) is 18.3. The number of rotatable bonds is 5. The van der Waals surface area contributed by atoms with Crippen molar-refractivity contribution < 1.29 is 9.59 Å². The van der Waals surface area contributed by atoms with Crippen LogP contribution in [-0.4, -0.2) is 17.9 Å². The summed E-state index contributed by atoms with van der Waals surface area (Å²) in [5.74, 6) is 2.52. The van der Waals surface area contributed by atoms with Gasteiger partial charge in [0.1, 0.15) is 0 Å². The number of nitrogens with one attached hydrogen (secondary N) is 2. The van der Waals surface area contributed by atoms with E-state index in [9.17, 15) is 9.59 Å². The largest absolute Gasteiger partial charge is 0.353 e. The molecule has 2 N–H and O–H groups in total. The topological polar surface area (TPSA) is 58.2 Å². The Hall–Kier alpha value is -2.62. The van der Waals surface area contributed by atoms with Crippen molar-refractivity contribution in [2.24, 2.45) is 34.5 Å². The summed E-state index contributed by atoms with van der Waals surface area (Å²) in [4.78, 5) is 26.2. The van der Waals surface area contributed by atoms with Crippen LogP contribution in [0.25, 0.3) is 0 Å². The zero-order valence-electron chi connectivity index (χ0n) is 23.3. The van der Waals surface area contributed by atoms with E-state index < -0.39 is 0 Å². The third-order valence-corrected chi connectivity index (χ3v) is 11.5. The molecule has 6 rings (SSSR count). The lowest BCUT2D eigenvalue weighted by Gasteiger charge is -2.60. The van der Waals surface area contributed by atoms with Crippen molar-refractivity contribution in [1.82, 2.24) is 10.6 Å². The van der Waals surface area contributed by atoms with Crippen LogP contribution in [0.5, 0.6) is 0 Å². The Kier molecular flexibility index (Phi) is 6.64.